The van der Waals surface area contributed by atoms with Crippen LogP contribution in [0.2, 0.25) is 0 Å². The largest absolute Gasteiger partial charge is 0.469 e. The fourth-order valence-electron chi connectivity index (χ4n) is 1.91. The highest BCUT2D eigenvalue weighted by Gasteiger charge is 2.43. The van der Waals surface area contributed by atoms with Crippen molar-refractivity contribution in [2.24, 2.45) is 5.41 Å². The van der Waals surface area contributed by atoms with Crippen molar-refractivity contribution in [1.29, 1.82) is 5.26 Å². The topological polar surface area (TPSA) is 53.3 Å². The van der Waals surface area contributed by atoms with Crippen LogP contribution in [0.25, 0.3) is 0 Å². The molecular formula is C12H20N2O2. The first-order valence-electron chi connectivity index (χ1n) is 5.82. The molecule has 0 saturated heterocycles. The van der Waals surface area contributed by atoms with Crippen LogP contribution in [-0.2, 0) is 9.53 Å². The second-order valence-corrected chi connectivity index (χ2v) is 4.53. The number of ether oxygens (including phenoxy) is 1. The minimum absolute atomic E-state index is 0.163. The summed E-state index contributed by atoms with van der Waals surface area (Å²) in [6.07, 6.45) is 3.37. The number of methoxy groups -OCH3 is 1. The van der Waals surface area contributed by atoms with Crippen LogP contribution in [0.3, 0.4) is 0 Å². The minimum atomic E-state index is -0.163. The maximum Gasteiger partial charge on any atom is 0.306 e. The summed E-state index contributed by atoms with van der Waals surface area (Å²) in [6.45, 7) is 4.67. The van der Waals surface area contributed by atoms with Crippen molar-refractivity contribution in [2.75, 3.05) is 26.7 Å². The number of carbonyl (C=O) groups excluding carboxylic acids is 1. The van der Waals surface area contributed by atoms with E-state index in [0.29, 0.717) is 12.8 Å². The summed E-state index contributed by atoms with van der Waals surface area (Å²) in [5, 5.41) is 8.74. The molecule has 0 heterocycles. The number of carbonyl (C=O) groups is 1. The Hall–Kier alpha value is -1.08. The molecule has 0 N–H and O–H groups in total. The molecule has 0 aromatic heterocycles. The molecule has 0 aliphatic heterocycles. The smallest absolute Gasteiger partial charge is 0.306 e. The van der Waals surface area contributed by atoms with E-state index in [1.807, 2.05) is 0 Å². The average Bonchev–Trinajstić information content (AvgIpc) is 3.04. The molecule has 1 aliphatic carbocycles. The van der Waals surface area contributed by atoms with Gasteiger partial charge in [0, 0.05) is 19.5 Å². The highest BCUT2D eigenvalue weighted by Crippen LogP contribution is 2.49. The van der Waals surface area contributed by atoms with Crippen molar-refractivity contribution in [2.45, 2.75) is 32.6 Å². The summed E-state index contributed by atoms with van der Waals surface area (Å²) in [6, 6.07) is 2.26. The Bertz CT molecular complexity index is 279. The molecule has 4 nitrogen and oxygen atoms in total. The molecule has 4 heteroatoms. The predicted octanol–water partition coefficient (Wildman–Crippen LogP) is 1.57. The zero-order valence-corrected chi connectivity index (χ0v) is 10.2. The summed E-state index contributed by atoms with van der Waals surface area (Å²) in [7, 11) is 1.41. The lowest BCUT2D eigenvalue weighted by Gasteiger charge is -2.24. The summed E-state index contributed by atoms with van der Waals surface area (Å²) in [5.74, 6) is -0.163. The number of nitriles is 1. The van der Waals surface area contributed by atoms with Crippen molar-refractivity contribution < 1.29 is 9.53 Å². The van der Waals surface area contributed by atoms with Crippen molar-refractivity contribution in [3.05, 3.63) is 0 Å². The van der Waals surface area contributed by atoms with Crippen molar-refractivity contribution >= 4 is 5.97 Å². The molecular weight excluding hydrogens is 204 g/mol. The van der Waals surface area contributed by atoms with Gasteiger partial charge in [-0.05, 0) is 24.8 Å². The Morgan fingerprint density at radius 3 is 2.69 bits per heavy atom. The van der Waals surface area contributed by atoms with Crippen LogP contribution < -0.4 is 0 Å². The van der Waals surface area contributed by atoms with E-state index in [9.17, 15) is 4.79 Å². The third-order valence-corrected chi connectivity index (χ3v) is 3.28. The monoisotopic (exact) mass is 224 g/mol. The SMILES string of the molecule is CCN(CCC(=O)OC)CC1(CC#N)CC1. The molecule has 1 rings (SSSR count). The van der Waals surface area contributed by atoms with Gasteiger partial charge in [-0.25, -0.2) is 0 Å². The van der Waals surface area contributed by atoms with Gasteiger partial charge < -0.3 is 9.64 Å². The first kappa shape index (κ1) is 13.0. The number of nitrogens with zero attached hydrogens (tertiary/aromatic N) is 2. The Labute approximate surface area is 97.2 Å². The van der Waals surface area contributed by atoms with Crippen molar-refractivity contribution in [3.8, 4) is 6.07 Å². The molecule has 1 fully saturated rings. The summed E-state index contributed by atoms with van der Waals surface area (Å²) >= 11 is 0. The van der Waals surface area contributed by atoms with Crippen LogP contribution in [0.4, 0.5) is 0 Å². The van der Waals surface area contributed by atoms with Gasteiger partial charge in [0.25, 0.3) is 0 Å². The fraction of sp³-hybridized carbons (Fsp3) is 0.833. The van der Waals surface area contributed by atoms with Crippen LogP contribution in [0, 0.1) is 16.7 Å². The molecule has 90 valence electrons. The molecule has 0 aromatic carbocycles. The zero-order chi connectivity index (χ0) is 12.0. The molecule has 0 unspecified atom stereocenters. The Kier molecular flexibility index (Phi) is 4.75. The maximum atomic E-state index is 11.0. The van der Waals surface area contributed by atoms with Crippen molar-refractivity contribution in [1.82, 2.24) is 4.90 Å². The second kappa shape index (κ2) is 5.86. The molecule has 16 heavy (non-hydrogen) atoms. The van der Waals surface area contributed by atoms with Crippen LogP contribution in [-0.4, -0.2) is 37.6 Å². The first-order chi connectivity index (χ1) is 7.65. The van der Waals surface area contributed by atoms with Gasteiger partial charge in [0.1, 0.15) is 0 Å². The van der Waals surface area contributed by atoms with Crippen LogP contribution in [0.1, 0.15) is 32.6 Å². The number of rotatable bonds is 7. The van der Waals surface area contributed by atoms with Gasteiger partial charge in [-0.1, -0.05) is 6.92 Å². The molecule has 0 radical (unpaired) electrons. The lowest BCUT2D eigenvalue weighted by atomic mass is 10.0. The molecule has 0 aromatic rings. The highest BCUT2D eigenvalue weighted by atomic mass is 16.5. The van der Waals surface area contributed by atoms with Crippen LogP contribution in [0.15, 0.2) is 0 Å². The molecule has 0 amide bonds. The van der Waals surface area contributed by atoms with Gasteiger partial charge in [-0.2, -0.15) is 5.26 Å². The van der Waals surface area contributed by atoms with E-state index < -0.39 is 0 Å². The standard InChI is InChI=1S/C12H20N2O2/c1-3-14(9-4-11(15)16-2)10-12(5-6-12)7-8-13/h3-7,9-10H2,1-2H3. The van der Waals surface area contributed by atoms with E-state index in [4.69, 9.17) is 5.26 Å². The Morgan fingerprint density at radius 1 is 1.56 bits per heavy atom. The van der Waals surface area contributed by atoms with E-state index >= 15 is 0 Å². The second-order valence-electron chi connectivity index (χ2n) is 4.53. The van der Waals surface area contributed by atoms with Crippen LogP contribution >= 0.6 is 0 Å². The van der Waals surface area contributed by atoms with Gasteiger partial charge in [0.15, 0.2) is 0 Å². The van der Waals surface area contributed by atoms with Gasteiger partial charge in [0.05, 0.1) is 19.6 Å². The molecule has 1 saturated carbocycles. The maximum absolute atomic E-state index is 11.0. The normalized spacial score (nSPS) is 16.9. The van der Waals surface area contributed by atoms with Gasteiger partial charge in [0.2, 0.25) is 0 Å². The third kappa shape index (κ3) is 3.82. The lowest BCUT2D eigenvalue weighted by Crippen LogP contribution is -2.32. The number of esters is 1. The van der Waals surface area contributed by atoms with E-state index in [-0.39, 0.29) is 11.4 Å². The third-order valence-electron chi connectivity index (χ3n) is 3.28. The molecule has 0 spiro atoms. The highest BCUT2D eigenvalue weighted by molar-refractivity contribution is 5.69. The fourth-order valence-corrected chi connectivity index (χ4v) is 1.91. The molecule has 1 aliphatic rings. The van der Waals surface area contributed by atoms with Gasteiger partial charge >= 0.3 is 5.97 Å². The average molecular weight is 224 g/mol. The summed E-state index contributed by atoms with van der Waals surface area (Å²) in [5.41, 5.74) is 0.223. The number of hydrogen-bond acceptors (Lipinski definition) is 4. The van der Waals surface area contributed by atoms with E-state index in [1.54, 1.807) is 0 Å². The van der Waals surface area contributed by atoms with Crippen LogP contribution in [0.5, 0.6) is 0 Å². The van der Waals surface area contributed by atoms with E-state index in [0.717, 1.165) is 32.5 Å². The van der Waals surface area contributed by atoms with Gasteiger partial charge in [-0.15, -0.1) is 0 Å². The quantitative estimate of drug-likeness (QED) is 0.616. The molecule has 0 bridgehead atoms. The molecule has 0 atom stereocenters. The Balaban J connectivity index is 2.32. The van der Waals surface area contributed by atoms with E-state index in [1.165, 1.54) is 7.11 Å². The van der Waals surface area contributed by atoms with Gasteiger partial charge in [-0.3, -0.25) is 4.79 Å². The van der Waals surface area contributed by atoms with E-state index in [2.05, 4.69) is 22.6 Å². The Morgan fingerprint density at radius 2 is 2.25 bits per heavy atom. The van der Waals surface area contributed by atoms with Crippen molar-refractivity contribution in [3.63, 3.8) is 0 Å². The first-order valence-corrected chi connectivity index (χ1v) is 5.82. The lowest BCUT2D eigenvalue weighted by molar-refractivity contribution is -0.141. The minimum Gasteiger partial charge on any atom is -0.469 e. The zero-order valence-electron chi connectivity index (χ0n) is 10.2. The predicted molar refractivity (Wildman–Crippen MR) is 60.6 cm³/mol. The number of hydrogen-bond donors (Lipinski definition) is 0. The summed E-state index contributed by atoms with van der Waals surface area (Å²) < 4.78 is 4.62. The summed E-state index contributed by atoms with van der Waals surface area (Å²) in [4.78, 5) is 13.3.